The molecule has 0 N–H and O–H groups in total. The molecule has 1 atom stereocenters. The lowest BCUT2D eigenvalue weighted by atomic mass is 10.0. The number of hydrogen-bond acceptors (Lipinski definition) is 3. The predicted octanol–water partition coefficient (Wildman–Crippen LogP) is 1.51. The molecule has 0 aromatic heterocycles. The largest absolute Gasteiger partial charge is 0.297 e. The second kappa shape index (κ2) is 4.74. The molecule has 3 rings (SSSR count). The molecule has 2 heterocycles. The minimum absolute atomic E-state index is 0.0120. The Bertz CT molecular complexity index is 532. The van der Waals surface area contributed by atoms with Crippen LogP contribution in [0.1, 0.15) is 24.8 Å². The molecule has 0 aliphatic carbocycles. The first-order chi connectivity index (χ1) is 9.15. The van der Waals surface area contributed by atoms with Gasteiger partial charge in [0.05, 0.1) is 19.0 Å². The van der Waals surface area contributed by atoms with E-state index < -0.39 is 0 Å². The molecular weight excluding hydrogens is 247 g/mol. The zero-order valence-corrected chi connectivity index (χ0v) is 10.5. The monoisotopic (exact) mass is 262 g/mol. The maximum atomic E-state index is 13.2. The van der Waals surface area contributed by atoms with Gasteiger partial charge in [0.15, 0.2) is 5.78 Å². The van der Waals surface area contributed by atoms with Gasteiger partial charge in [-0.05, 0) is 30.5 Å². The third-order valence-corrected chi connectivity index (χ3v) is 3.74. The quantitative estimate of drug-likeness (QED) is 0.758. The summed E-state index contributed by atoms with van der Waals surface area (Å²) in [6, 6.07) is 6.06. The number of benzene rings is 1. The zero-order valence-electron chi connectivity index (χ0n) is 10.5. The van der Waals surface area contributed by atoms with Crippen LogP contribution in [0.3, 0.4) is 0 Å². The second-order valence-corrected chi connectivity index (χ2v) is 5.05. The fourth-order valence-corrected chi connectivity index (χ4v) is 2.86. The van der Waals surface area contributed by atoms with E-state index >= 15 is 0 Å². The molecule has 2 saturated heterocycles. The lowest BCUT2D eigenvalue weighted by molar-refractivity contribution is -0.165. The molecule has 1 amide bonds. The van der Waals surface area contributed by atoms with E-state index in [4.69, 9.17) is 0 Å². The van der Waals surface area contributed by atoms with Gasteiger partial charge in [0.1, 0.15) is 5.82 Å². The maximum Gasteiger partial charge on any atom is 0.244 e. The molecule has 2 aliphatic rings. The Kier molecular flexibility index (Phi) is 3.06. The van der Waals surface area contributed by atoms with Crippen molar-refractivity contribution in [1.82, 2.24) is 10.0 Å². The van der Waals surface area contributed by atoms with Crippen LogP contribution in [-0.4, -0.2) is 34.3 Å². The number of fused-ring (bicyclic) bond motifs is 1. The minimum atomic E-state index is -0.309. The number of Topliss-reactive ketones (excluding diaryl/α,β-unsaturated/α-hetero) is 1. The smallest absolute Gasteiger partial charge is 0.244 e. The molecule has 0 radical (unpaired) electrons. The van der Waals surface area contributed by atoms with Gasteiger partial charge in [0, 0.05) is 6.54 Å². The summed E-state index contributed by atoms with van der Waals surface area (Å²) in [7, 11) is 0. The van der Waals surface area contributed by atoms with E-state index in [-0.39, 0.29) is 30.0 Å². The molecule has 0 saturated carbocycles. The number of hydrogen-bond donors (Lipinski definition) is 0. The summed E-state index contributed by atoms with van der Waals surface area (Å²) in [6.07, 6.45) is 1.70. The molecule has 19 heavy (non-hydrogen) atoms. The van der Waals surface area contributed by atoms with Gasteiger partial charge in [0.25, 0.3) is 0 Å². The van der Waals surface area contributed by atoms with Crippen LogP contribution in [0.5, 0.6) is 0 Å². The Morgan fingerprint density at radius 2 is 2.16 bits per heavy atom. The number of nitrogens with zero attached hydrogens (tertiary/aromatic N) is 2. The summed E-state index contributed by atoms with van der Waals surface area (Å²) in [4.78, 5) is 23.8. The van der Waals surface area contributed by atoms with Gasteiger partial charge < -0.3 is 0 Å². The summed E-state index contributed by atoms with van der Waals surface area (Å²) in [5.74, 6) is -0.485. The fourth-order valence-electron chi connectivity index (χ4n) is 2.86. The van der Waals surface area contributed by atoms with Crippen molar-refractivity contribution in [2.45, 2.75) is 31.8 Å². The standard InChI is InChI=1S/C14H15FN2O2/c15-11-4-1-3-10(7-11)9-17-14(19)8-13(18)12-5-2-6-16(12)17/h1,3-4,7,12H,2,5-6,8-9H2. The van der Waals surface area contributed by atoms with Crippen LogP contribution < -0.4 is 0 Å². The average molecular weight is 262 g/mol. The third kappa shape index (κ3) is 2.26. The fraction of sp³-hybridized carbons (Fsp3) is 0.429. The lowest BCUT2D eigenvalue weighted by Gasteiger charge is -2.39. The van der Waals surface area contributed by atoms with E-state index in [9.17, 15) is 14.0 Å². The average Bonchev–Trinajstić information content (AvgIpc) is 2.84. The SMILES string of the molecule is O=C1CC(=O)N(Cc2cccc(F)c2)N2CCCC12. The van der Waals surface area contributed by atoms with Crippen LogP contribution in [0.25, 0.3) is 0 Å². The summed E-state index contributed by atoms with van der Waals surface area (Å²) < 4.78 is 13.2. The molecule has 0 bridgehead atoms. The van der Waals surface area contributed by atoms with Gasteiger partial charge in [-0.2, -0.15) is 0 Å². The third-order valence-electron chi connectivity index (χ3n) is 3.74. The highest BCUT2D eigenvalue weighted by atomic mass is 19.1. The van der Waals surface area contributed by atoms with Crippen LogP contribution in [0.4, 0.5) is 4.39 Å². The van der Waals surface area contributed by atoms with Crippen LogP contribution in [-0.2, 0) is 16.1 Å². The van der Waals surface area contributed by atoms with E-state index in [1.807, 2.05) is 5.01 Å². The van der Waals surface area contributed by atoms with E-state index in [1.165, 1.54) is 12.1 Å². The Labute approximate surface area is 110 Å². The number of carbonyl (C=O) groups excluding carboxylic acids is 2. The molecule has 0 spiro atoms. The molecule has 100 valence electrons. The predicted molar refractivity (Wildman–Crippen MR) is 66.3 cm³/mol. The van der Waals surface area contributed by atoms with Crippen molar-refractivity contribution >= 4 is 11.7 Å². The van der Waals surface area contributed by atoms with Gasteiger partial charge in [-0.25, -0.2) is 9.40 Å². The molecule has 4 nitrogen and oxygen atoms in total. The van der Waals surface area contributed by atoms with Crippen molar-refractivity contribution in [1.29, 1.82) is 0 Å². The first kappa shape index (κ1) is 12.3. The first-order valence-corrected chi connectivity index (χ1v) is 6.49. The Balaban J connectivity index is 1.83. The Hall–Kier alpha value is -1.75. The van der Waals surface area contributed by atoms with Crippen LogP contribution >= 0.6 is 0 Å². The summed E-state index contributed by atoms with van der Waals surface area (Å²) in [5.41, 5.74) is 0.744. The Morgan fingerprint density at radius 1 is 1.32 bits per heavy atom. The van der Waals surface area contributed by atoms with Crippen molar-refractivity contribution < 1.29 is 14.0 Å². The molecule has 2 aliphatic heterocycles. The van der Waals surface area contributed by atoms with Crippen molar-refractivity contribution in [2.75, 3.05) is 6.54 Å². The normalized spacial score (nSPS) is 23.8. The van der Waals surface area contributed by atoms with E-state index in [0.717, 1.165) is 24.9 Å². The summed E-state index contributed by atoms with van der Waals surface area (Å²) in [5, 5.41) is 3.45. The Morgan fingerprint density at radius 3 is 2.95 bits per heavy atom. The summed E-state index contributed by atoms with van der Waals surface area (Å²) in [6.45, 7) is 1.05. The lowest BCUT2D eigenvalue weighted by Crippen LogP contribution is -2.56. The van der Waals surface area contributed by atoms with E-state index in [1.54, 1.807) is 17.1 Å². The molecule has 1 aromatic rings. The number of ketones is 1. The van der Waals surface area contributed by atoms with Crippen molar-refractivity contribution in [3.63, 3.8) is 0 Å². The highest BCUT2D eigenvalue weighted by molar-refractivity contribution is 6.02. The van der Waals surface area contributed by atoms with Crippen molar-refractivity contribution in [2.24, 2.45) is 0 Å². The number of amides is 1. The van der Waals surface area contributed by atoms with Crippen molar-refractivity contribution in [3.05, 3.63) is 35.6 Å². The number of rotatable bonds is 2. The highest BCUT2D eigenvalue weighted by Crippen LogP contribution is 2.27. The number of halogens is 1. The zero-order chi connectivity index (χ0) is 13.4. The molecule has 2 fully saturated rings. The minimum Gasteiger partial charge on any atom is -0.297 e. The summed E-state index contributed by atoms with van der Waals surface area (Å²) >= 11 is 0. The van der Waals surface area contributed by atoms with Gasteiger partial charge in [-0.15, -0.1) is 0 Å². The van der Waals surface area contributed by atoms with Gasteiger partial charge in [0.2, 0.25) is 5.91 Å². The number of carbonyl (C=O) groups is 2. The second-order valence-electron chi connectivity index (χ2n) is 5.05. The van der Waals surface area contributed by atoms with Gasteiger partial charge in [-0.1, -0.05) is 12.1 Å². The molecule has 5 heteroatoms. The maximum absolute atomic E-state index is 13.2. The van der Waals surface area contributed by atoms with E-state index in [2.05, 4.69) is 0 Å². The molecular formula is C14H15FN2O2. The van der Waals surface area contributed by atoms with Crippen molar-refractivity contribution in [3.8, 4) is 0 Å². The van der Waals surface area contributed by atoms with Crippen LogP contribution in [0.15, 0.2) is 24.3 Å². The highest BCUT2D eigenvalue weighted by Gasteiger charge is 2.41. The first-order valence-electron chi connectivity index (χ1n) is 6.49. The van der Waals surface area contributed by atoms with Gasteiger partial charge in [-0.3, -0.25) is 14.6 Å². The molecule has 1 aromatic carbocycles. The van der Waals surface area contributed by atoms with E-state index in [0.29, 0.717) is 6.54 Å². The number of hydrazine groups is 1. The molecule has 1 unspecified atom stereocenters. The van der Waals surface area contributed by atoms with Crippen LogP contribution in [0.2, 0.25) is 0 Å². The van der Waals surface area contributed by atoms with Gasteiger partial charge >= 0.3 is 0 Å². The van der Waals surface area contributed by atoms with Crippen LogP contribution in [0, 0.1) is 5.82 Å². The topological polar surface area (TPSA) is 40.6 Å².